The SMILES string of the molecule is Cn1c(=O)[nH]c2ccc(CCCN3CCO[C@@H](CN)C3)cc21. The molecule has 1 saturated heterocycles. The van der Waals surface area contributed by atoms with Crippen LogP contribution in [0.3, 0.4) is 0 Å². The molecule has 2 aromatic rings. The third-order valence-corrected chi connectivity index (χ3v) is 4.40. The lowest BCUT2D eigenvalue weighted by Gasteiger charge is -2.32. The average Bonchev–Trinajstić information content (AvgIpc) is 2.82. The summed E-state index contributed by atoms with van der Waals surface area (Å²) in [6.45, 7) is 4.35. The van der Waals surface area contributed by atoms with Crippen LogP contribution in [0, 0.1) is 0 Å². The van der Waals surface area contributed by atoms with Gasteiger partial charge >= 0.3 is 5.69 Å². The van der Waals surface area contributed by atoms with Gasteiger partial charge in [-0.2, -0.15) is 0 Å². The fourth-order valence-electron chi connectivity index (χ4n) is 3.06. The quantitative estimate of drug-likeness (QED) is 0.841. The maximum atomic E-state index is 11.6. The molecule has 0 bridgehead atoms. The molecule has 1 aliphatic rings. The van der Waals surface area contributed by atoms with Crippen molar-refractivity contribution in [3.63, 3.8) is 0 Å². The summed E-state index contributed by atoms with van der Waals surface area (Å²) in [6.07, 6.45) is 2.29. The summed E-state index contributed by atoms with van der Waals surface area (Å²) >= 11 is 0. The number of hydrogen-bond acceptors (Lipinski definition) is 4. The minimum Gasteiger partial charge on any atom is -0.374 e. The highest BCUT2D eigenvalue weighted by Crippen LogP contribution is 2.14. The van der Waals surface area contributed by atoms with Gasteiger partial charge in [0.15, 0.2) is 0 Å². The Hall–Kier alpha value is -1.63. The standard InChI is InChI=1S/C16H24N4O2/c1-19-15-9-12(4-5-14(15)18-16(19)21)3-2-6-20-7-8-22-13(10-17)11-20/h4-5,9,13H,2-3,6-8,10-11,17H2,1H3,(H,18,21)/t13-/m0/s1. The maximum Gasteiger partial charge on any atom is 0.326 e. The van der Waals surface area contributed by atoms with Crippen LogP contribution in [0.25, 0.3) is 11.0 Å². The van der Waals surface area contributed by atoms with Crippen molar-refractivity contribution in [2.75, 3.05) is 32.8 Å². The van der Waals surface area contributed by atoms with Gasteiger partial charge in [-0.3, -0.25) is 9.47 Å². The van der Waals surface area contributed by atoms with Gasteiger partial charge in [-0.15, -0.1) is 0 Å². The molecule has 1 aliphatic heterocycles. The highest BCUT2D eigenvalue weighted by atomic mass is 16.5. The van der Waals surface area contributed by atoms with E-state index in [0.29, 0.717) is 6.54 Å². The first-order valence-corrected chi connectivity index (χ1v) is 7.89. The van der Waals surface area contributed by atoms with Gasteiger partial charge in [0.2, 0.25) is 0 Å². The predicted molar refractivity (Wildman–Crippen MR) is 87.1 cm³/mol. The molecule has 0 amide bonds. The van der Waals surface area contributed by atoms with Crippen molar-refractivity contribution in [1.82, 2.24) is 14.5 Å². The number of rotatable bonds is 5. The van der Waals surface area contributed by atoms with Crippen LogP contribution in [-0.2, 0) is 18.2 Å². The number of aromatic amines is 1. The van der Waals surface area contributed by atoms with Crippen LogP contribution in [-0.4, -0.2) is 53.3 Å². The monoisotopic (exact) mass is 304 g/mol. The number of nitrogens with one attached hydrogen (secondary N) is 1. The molecule has 22 heavy (non-hydrogen) atoms. The van der Waals surface area contributed by atoms with E-state index < -0.39 is 0 Å². The fourth-order valence-corrected chi connectivity index (χ4v) is 3.06. The number of aromatic nitrogens is 2. The van der Waals surface area contributed by atoms with Gasteiger partial charge < -0.3 is 15.5 Å². The molecule has 0 radical (unpaired) electrons. The van der Waals surface area contributed by atoms with E-state index in [0.717, 1.165) is 50.1 Å². The lowest BCUT2D eigenvalue weighted by Crippen LogP contribution is -2.45. The number of benzene rings is 1. The molecule has 0 unspecified atom stereocenters. The molecule has 0 saturated carbocycles. The minimum absolute atomic E-state index is 0.0618. The summed E-state index contributed by atoms with van der Waals surface area (Å²) in [5.74, 6) is 0. The molecule has 2 heterocycles. The Balaban J connectivity index is 1.57. The third kappa shape index (κ3) is 3.24. The van der Waals surface area contributed by atoms with E-state index in [1.807, 2.05) is 6.07 Å². The van der Waals surface area contributed by atoms with Gasteiger partial charge in [0.05, 0.1) is 23.7 Å². The maximum absolute atomic E-state index is 11.6. The van der Waals surface area contributed by atoms with Gasteiger partial charge in [-0.05, 0) is 37.1 Å². The lowest BCUT2D eigenvalue weighted by atomic mass is 10.1. The highest BCUT2D eigenvalue weighted by molar-refractivity contribution is 5.75. The van der Waals surface area contributed by atoms with Crippen LogP contribution in [0.4, 0.5) is 0 Å². The van der Waals surface area contributed by atoms with E-state index in [1.54, 1.807) is 11.6 Å². The number of fused-ring (bicyclic) bond motifs is 1. The van der Waals surface area contributed by atoms with E-state index in [9.17, 15) is 4.79 Å². The molecular formula is C16H24N4O2. The minimum atomic E-state index is -0.0618. The smallest absolute Gasteiger partial charge is 0.326 e. The zero-order valence-corrected chi connectivity index (χ0v) is 13.0. The highest BCUT2D eigenvalue weighted by Gasteiger charge is 2.18. The molecule has 1 aromatic heterocycles. The molecule has 0 aliphatic carbocycles. The summed E-state index contributed by atoms with van der Waals surface area (Å²) in [7, 11) is 1.80. The number of nitrogens with zero attached hydrogens (tertiary/aromatic N) is 2. The molecule has 120 valence electrons. The van der Waals surface area contributed by atoms with Crippen LogP contribution < -0.4 is 11.4 Å². The first-order chi connectivity index (χ1) is 10.7. The van der Waals surface area contributed by atoms with Crippen molar-refractivity contribution < 1.29 is 4.74 Å². The van der Waals surface area contributed by atoms with E-state index in [4.69, 9.17) is 10.5 Å². The van der Waals surface area contributed by atoms with Crippen molar-refractivity contribution in [2.24, 2.45) is 12.8 Å². The average molecular weight is 304 g/mol. The van der Waals surface area contributed by atoms with Crippen molar-refractivity contribution in [2.45, 2.75) is 18.9 Å². The molecule has 3 N–H and O–H groups in total. The third-order valence-electron chi connectivity index (χ3n) is 4.40. The van der Waals surface area contributed by atoms with E-state index in [-0.39, 0.29) is 11.8 Å². The molecule has 3 rings (SSSR count). The Labute approximate surface area is 129 Å². The lowest BCUT2D eigenvalue weighted by molar-refractivity contribution is -0.0233. The van der Waals surface area contributed by atoms with Crippen LogP contribution in [0.2, 0.25) is 0 Å². The molecular weight excluding hydrogens is 280 g/mol. The molecule has 1 fully saturated rings. The van der Waals surface area contributed by atoms with Crippen LogP contribution in [0.15, 0.2) is 23.0 Å². The Morgan fingerprint density at radius 3 is 3.14 bits per heavy atom. The molecule has 1 atom stereocenters. The van der Waals surface area contributed by atoms with Crippen molar-refractivity contribution in [1.29, 1.82) is 0 Å². The summed E-state index contributed by atoms with van der Waals surface area (Å²) in [6, 6.07) is 6.20. The van der Waals surface area contributed by atoms with Crippen molar-refractivity contribution in [3.05, 3.63) is 34.2 Å². The van der Waals surface area contributed by atoms with Gasteiger partial charge in [-0.25, -0.2) is 4.79 Å². The zero-order chi connectivity index (χ0) is 15.5. The first-order valence-electron chi connectivity index (χ1n) is 7.89. The molecule has 6 heteroatoms. The van der Waals surface area contributed by atoms with Gasteiger partial charge in [0.1, 0.15) is 0 Å². The van der Waals surface area contributed by atoms with Gasteiger partial charge in [-0.1, -0.05) is 6.07 Å². The number of hydrogen-bond donors (Lipinski definition) is 2. The second-order valence-corrected chi connectivity index (χ2v) is 5.97. The van der Waals surface area contributed by atoms with Crippen LogP contribution in [0.1, 0.15) is 12.0 Å². The Morgan fingerprint density at radius 2 is 2.32 bits per heavy atom. The van der Waals surface area contributed by atoms with Crippen molar-refractivity contribution >= 4 is 11.0 Å². The fraction of sp³-hybridized carbons (Fsp3) is 0.562. The van der Waals surface area contributed by atoms with E-state index in [1.165, 1.54) is 5.56 Å². The number of H-pyrrole nitrogens is 1. The topological polar surface area (TPSA) is 76.3 Å². The number of ether oxygens (including phenoxy) is 1. The largest absolute Gasteiger partial charge is 0.374 e. The molecule has 0 spiro atoms. The summed E-state index contributed by atoms with van der Waals surface area (Å²) in [5.41, 5.74) is 8.75. The van der Waals surface area contributed by atoms with E-state index in [2.05, 4.69) is 22.0 Å². The van der Waals surface area contributed by atoms with Crippen LogP contribution >= 0.6 is 0 Å². The summed E-state index contributed by atoms with van der Waals surface area (Å²) in [5, 5.41) is 0. The number of aryl methyl sites for hydroxylation is 2. The summed E-state index contributed by atoms with van der Waals surface area (Å²) in [4.78, 5) is 16.9. The molecule has 1 aromatic carbocycles. The Morgan fingerprint density at radius 1 is 1.45 bits per heavy atom. The van der Waals surface area contributed by atoms with E-state index >= 15 is 0 Å². The zero-order valence-electron chi connectivity index (χ0n) is 13.0. The first kappa shape index (κ1) is 15.3. The number of morpholine rings is 1. The normalized spacial score (nSPS) is 19.8. The second-order valence-electron chi connectivity index (χ2n) is 5.97. The van der Waals surface area contributed by atoms with Gasteiger partial charge in [0.25, 0.3) is 0 Å². The second kappa shape index (κ2) is 6.64. The summed E-state index contributed by atoms with van der Waals surface area (Å²) < 4.78 is 7.24. The number of imidazole rings is 1. The van der Waals surface area contributed by atoms with Crippen molar-refractivity contribution in [3.8, 4) is 0 Å². The Bertz CT molecular complexity index is 691. The molecule has 6 nitrogen and oxygen atoms in total. The predicted octanol–water partition coefficient (Wildman–Crippen LogP) is 0.459. The Kier molecular flexibility index (Phi) is 4.61. The number of nitrogens with two attached hydrogens (primary N) is 1. The van der Waals surface area contributed by atoms with Crippen LogP contribution in [0.5, 0.6) is 0 Å². The van der Waals surface area contributed by atoms with Gasteiger partial charge in [0, 0.05) is 26.7 Å².